The number of rotatable bonds is 6. The van der Waals surface area contributed by atoms with Crippen LogP contribution in [-0.2, 0) is 4.74 Å². The van der Waals surface area contributed by atoms with Crippen molar-refractivity contribution < 1.29 is 38.5 Å². The van der Waals surface area contributed by atoms with Crippen LogP contribution in [-0.4, -0.2) is 41.0 Å². The van der Waals surface area contributed by atoms with Crippen LogP contribution in [0.2, 0.25) is 0 Å². The molecule has 2 aromatic carbocycles. The molecule has 0 aliphatic heterocycles. The zero-order chi connectivity index (χ0) is 24.6. The molecule has 174 valence electrons. The van der Waals surface area contributed by atoms with Crippen molar-refractivity contribution in [1.82, 2.24) is 0 Å². The summed E-state index contributed by atoms with van der Waals surface area (Å²) >= 11 is 0. The van der Waals surface area contributed by atoms with Crippen molar-refractivity contribution in [2.45, 2.75) is 26.4 Å². The van der Waals surface area contributed by atoms with Gasteiger partial charge in [0.15, 0.2) is 22.9 Å². The lowest BCUT2D eigenvalue weighted by Crippen LogP contribution is -2.29. The molecule has 8 nitrogen and oxygen atoms in total. The number of aromatic hydroxyl groups is 2. The number of fused-ring (bicyclic) bond motifs is 2. The molecule has 3 aromatic rings. The Balaban J connectivity index is 1.71. The van der Waals surface area contributed by atoms with Crippen molar-refractivity contribution in [2.75, 3.05) is 7.11 Å². The topological polar surface area (TPSA) is 123 Å². The van der Waals surface area contributed by atoms with Crippen LogP contribution in [0.3, 0.4) is 0 Å². The number of phenolic OH excluding ortho intramolecular Hbond substituents is 2. The second-order valence-electron chi connectivity index (χ2n) is 8.05. The Bertz CT molecular complexity index is 1390. The van der Waals surface area contributed by atoms with E-state index in [-0.39, 0.29) is 28.9 Å². The molecule has 0 bridgehead atoms. The fourth-order valence-electron chi connectivity index (χ4n) is 3.79. The summed E-state index contributed by atoms with van der Waals surface area (Å²) in [5, 5.41) is 20.9. The summed E-state index contributed by atoms with van der Waals surface area (Å²) < 4.78 is 16.5. The van der Waals surface area contributed by atoms with E-state index < -0.39 is 35.1 Å². The van der Waals surface area contributed by atoms with E-state index in [0.717, 1.165) is 23.8 Å². The summed E-state index contributed by atoms with van der Waals surface area (Å²) in [6.45, 7) is 3.68. The molecule has 0 radical (unpaired) electrons. The average Bonchev–Trinajstić information content (AvgIpc) is 3.25. The van der Waals surface area contributed by atoms with Crippen molar-refractivity contribution in [1.29, 1.82) is 0 Å². The van der Waals surface area contributed by atoms with Gasteiger partial charge in [0, 0.05) is 17.4 Å². The molecule has 0 saturated carbocycles. The van der Waals surface area contributed by atoms with Crippen LogP contribution in [0.5, 0.6) is 17.2 Å². The number of benzene rings is 2. The molecular weight excluding hydrogens is 440 g/mol. The van der Waals surface area contributed by atoms with E-state index in [9.17, 15) is 24.6 Å². The molecule has 0 amide bonds. The van der Waals surface area contributed by atoms with Gasteiger partial charge in [0.05, 0.1) is 18.2 Å². The fraction of sp³-hybridized carbons (Fsp3) is 0.192. The van der Waals surface area contributed by atoms with Gasteiger partial charge < -0.3 is 24.1 Å². The predicted molar refractivity (Wildman–Crippen MR) is 123 cm³/mol. The second-order valence-corrected chi connectivity index (χ2v) is 8.05. The van der Waals surface area contributed by atoms with Gasteiger partial charge in [0.1, 0.15) is 17.6 Å². The number of ketones is 2. The lowest BCUT2D eigenvalue weighted by molar-refractivity contribution is 0.0339. The number of esters is 1. The minimum Gasteiger partial charge on any atom is -0.507 e. The van der Waals surface area contributed by atoms with Gasteiger partial charge in [-0.25, -0.2) is 4.79 Å². The largest absolute Gasteiger partial charge is 0.507 e. The Morgan fingerprint density at radius 3 is 2.47 bits per heavy atom. The number of furan rings is 1. The highest BCUT2D eigenvalue weighted by atomic mass is 16.6. The summed E-state index contributed by atoms with van der Waals surface area (Å²) in [6.07, 6.45) is 1.76. The molecule has 1 atom stereocenters. The van der Waals surface area contributed by atoms with Crippen LogP contribution in [0.15, 0.2) is 64.1 Å². The predicted octanol–water partition coefficient (Wildman–Crippen LogP) is 4.74. The van der Waals surface area contributed by atoms with Crippen molar-refractivity contribution in [3.8, 4) is 17.2 Å². The number of ether oxygens (including phenoxy) is 2. The minimum absolute atomic E-state index is 0.0993. The molecule has 1 aromatic heterocycles. The third kappa shape index (κ3) is 4.05. The standard InChI is InChI=1S/C26H22O8/c1-13(2)7-10-19(15-12-18(29)22-16(27)8-9-17(28)23(22)24(15)30)34-26(31)21-11-14-5-4-6-20(32-3)25(14)33-21/h4-9,11-12,19,27-28H,10H2,1-3H3/t19-/m1/s1. The first-order valence-electron chi connectivity index (χ1n) is 10.5. The Morgan fingerprint density at radius 1 is 1.09 bits per heavy atom. The van der Waals surface area contributed by atoms with E-state index in [1.807, 2.05) is 13.8 Å². The quantitative estimate of drug-likeness (QED) is 0.306. The number of phenols is 2. The van der Waals surface area contributed by atoms with Crippen molar-refractivity contribution >= 4 is 28.5 Å². The monoisotopic (exact) mass is 462 g/mol. The molecule has 4 rings (SSSR count). The van der Waals surface area contributed by atoms with Gasteiger partial charge in [-0.15, -0.1) is 0 Å². The molecular formula is C26H22O8. The van der Waals surface area contributed by atoms with E-state index in [0.29, 0.717) is 16.7 Å². The molecule has 34 heavy (non-hydrogen) atoms. The number of carbonyl (C=O) groups is 3. The lowest BCUT2D eigenvalue weighted by atomic mass is 9.85. The lowest BCUT2D eigenvalue weighted by Gasteiger charge is -2.23. The first-order chi connectivity index (χ1) is 16.2. The van der Waals surface area contributed by atoms with Crippen molar-refractivity contribution in [3.05, 3.63) is 76.6 Å². The molecule has 0 unspecified atom stereocenters. The summed E-state index contributed by atoms with van der Waals surface area (Å²) in [5.41, 5.74) is 0.554. The van der Waals surface area contributed by atoms with Crippen molar-refractivity contribution in [2.24, 2.45) is 0 Å². The zero-order valence-corrected chi connectivity index (χ0v) is 18.7. The molecule has 1 aliphatic rings. The van der Waals surface area contributed by atoms with Crippen LogP contribution < -0.4 is 4.74 Å². The van der Waals surface area contributed by atoms with Crippen LogP contribution in [0.4, 0.5) is 0 Å². The highest BCUT2D eigenvalue weighted by Gasteiger charge is 2.36. The van der Waals surface area contributed by atoms with Crippen LogP contribution in [0.1, 0.15) is 51.5 Å². The normalized spacial score (nSPS) is 13.8. The number of para-hydroxylation sites is 1. The van der Waals surface area contributed by atoms with E-state index in [1.165, 1.54) is 13.2 Å². The Hall–Kier alpha value is -4.33. The molecule has 0 saturated heterocycles. The summed E-state index contributed by atoms with van der Waals surface area (Å²) in [5.74, 6) is -2.75. The van der Waals surface area contributed by atoms with Gasteiger partial charge in [0.2, 0.25) is 5.76 Å². The summed E-state index contributed by atoms with van der Waals surface area (Å²) in [4.78, 5) is 38.9. The van der Waals surface area contributed by atoms with E-state index in [1.54, 1.807) is 24.3 Å². The highest BCUT2D eigenvalue weighted by molar-refractivity contribution is 6.27. The highest BCUT2D eigenvalue weighted by Crippen LogP contribution is 2.37. The van der Waals surface area contributed by atoms with Gasteiger partial charge in [-0.3, -0.25) is 9.59 Å². The van der Waals surface area contributed by atoms with Crippen LogP contribution in [0, 0.1) is 0 Å². The van der Waals surface area contributed by atoms with Gasteiger partial charge in [-0.1, -0.05) is 23.8 Å². The maximum absolute atomic E-state index is 13.2. The molecule has 2 N–H and O–H groups in total. The summed E-state index contributed by atoms with van der Waals surface area (Å²) in [7, 11) is 1.48. The summed E-state index contributed by atoms with van der Waals surface area (Å²) in [6, 6.07) is 8.95. The van der Waals surface area contributed by atoms with E-state index in [2.05, 4.69) is 0 Å². The SMILES string of the molecule is COc1cccc2cc(C(=O)O[C@H](CC=C(C)C)C3=CC(=O)c4c(O)ccc(O)c4C3=O)oc12. The minimum atomic E-state index is -1.14. The van der Waals surface area contributed by atoms with E-state index >= 15 is 0 Å². The number of Topliss-reactive ketones (excluding diaryl/α,β-unsaturated/α-hetero) is 1. The number of carbonyl (C=O) groups excluding carboxylic acids is 3. The number of methoxy groups -OCH3 is 1. The second kappa shape index (κ2) is 8.90. The van der Waals surface area contributed by atoms with Gasteiger partial charge in [-0.05, 0) is 44.2 Å². The smallest absolute Gasteiger partial charge is 0.374 e. The number of allylic oxidation sites excluding steroid dienone is 2. The van der Waals surface area contributed by atoms with Gasteiger partial charge >= 0.3 is 5.97 Å². The maximum Gasteiger partial charge on any atom is 0.374 e. The van der Waals surface area contributed by atoms with Crippen molar-refractivity contribution in [3.63, 3.8) is 0 Å². The molecule has 1 aliphatic carbocycles. The average molecular weight is 462 g/mol. The van der Waals surface area contributed by atoms with Crippen LogP contribution >= 0.6 is 0 Å². The number of hydrogen-bond donors (Lipinski definition) is 2. The first kappa shape index (κ1) is 22.8. The Morgan fingerprint density at radius 2 is 1.79 bits per heavy atom. The molecule has 0 fully saturated rings. The maximum atomic E-state index is 13.2. The fourth-order valence-corrected chi connectivity index (χ4v) is 3.79. The third-order valence-corrected chi connectivity index (χ3v) is 5.45. The Kier molecular flexibility index (Phi) is 5.98. The molecule has 8 heteroatoms. The molecule has 0 spiro atoms. The first-order valence-corrected chi connectivity index (χ1v) is 10.5. The van der Waals surface area contributed by atoms with Gasteiger partial charge in [-0.2, -0.15) is 0 Å². The van der Waals surface area contributed by atoms with Crippen LogP contribution in [0.25, 0.3) is 11.0 Å². The zero-order valence-electron chi connectivity index (χ0n) is 18.7. The molecule has 1 heterocycles. The van der Waals surface area contributed by atoms with E-state index in [4.69, 9.17) is 13.9 Å². The number of hydrogen-bond acceptors (Lipinski definition) is 8. The van der Waals surface area contributed by atoms with Gasteiger partial charge in [0.25, 0.3) is 0 Å². The third-order valence-electron chi connectivity index (χ3n) is 5.45. The Labute approximate surface area is 194 Å².